The number of amides is 1. The highest BCUT2D eigenvalue weighted by atomic mass is 16.6. The van der Waals surface area contributed by atoms with Crippen molar-refractivity contribution in [2.75, 3.05) is 31.7 Å². The van der Waals surface area contributed by atoms with E-state index < -0.39 is 6.10 Å². The zero-order valence-corrected chi connectivity index (χ0v) is 10.8. The predicted octanol–water partition coefficient (Wildman–Crippen LogP) is 0.686. The summed E-state index contributed by atoms with van der Waals surface area (Å²) in [6.07, 6.45) is 0.444. The molecule has 0 aliphatic carbocycles. The summed E-state index contributed by atoms with van der Waals surface area (Å²) in [5.41, 5.74) is 3.38. The van der Waals surface area contributed by atoms with Gasteiger partial charge in [-0.05, 0) is 30.2 Å². The van der Waals surface area contributed by atoms with Crippen LogP contribution < -0.4 is 10.6 Å². The number of anilines is 1. The van der Waals surface area contributed by atoms with E-state index in [0.717, 1.165) is 25.2 Å². The van der Waals surface area contributed by atoms with E-state index in [1.54, 1.807) is 0 Å². The molecule has 0 bridgehead atoms. The second-order valence-corrected chi connectivity index (χ2v) is 4.79. The predicted molar refractivity (Wildman–Crippen MR) is 71.0 cm³/mol. The van der Waals surface area contributed by atoms with Gasteiger partial charge in [-0.3, -0.25) is 4.79 Å². The monoisotopic (exact) mass is 262 g/mol. The summed E-state index contributed by atoms with van der Waals surface area (Å²) in [6.45, 7) is 3.19. The maximum absolute atomic E-state index is 12.1. The van der Waals surface area contributed by atoms with E-state index in [9.17, 15) is 4.79 Å². The van der Waals surface area contributed by atoms with E-state index in [1.165, 1.54) is 11.1 Å². The second kappa shape index (κ2) is 5.69. The summed E-state index contributed by atoms with van der Waals surface area (Å²) in [6, 6.07) is 6.02. The van der Waals surface area contributed by atoms with Crippen molar-refractivity contribution in [3.8, 4) is 0 Å². The first-order chi connectivity index (χ1) is 9.34. The van der Waals surface area contributed by atoms with Gasteiger partial charge in [-0.15, -0.1) is 0 Å². The molecule has 102 valence electrons. The van der Waals surface area contributed by atoms with Gasteiger partial charge in [-0.1, -0.05) is 12.1 Å². The third-order valence-electron chi connectivity index (χ3n) is 3.51. The van der Waals surface area contributed by atoms with Crippen molar-refractivity contribution in [1.82, 2.24) is 5.32 Å². The first-order valence-corrected chi connectivity index (χ1v) is 6.66. The number of carbonyl (C=O) groups excluding carboxylic acids is 1. The van der Waals surface area contributed by atoms with Gasteiger partial charge in [0.25, 0.3) is 5.91 Å². The van der Waals surface area contributed by atoms with Gasteiger partial charge in [-0.25, -0.2) is 0 Å². The largest absolute Gasteiger partial charge is 0.376 e. The molecule has 2 N–H and O–H groups in total. The summed E-state index contributed by atoms with van der Waals surface area (Å²) in [5, 5.41) is 6.30. The van der Waals surface area contributed by atoms with E-state index in [-0.39, 0.29) is 5.91 Å². The van der Waals surface area contributed by atoms with Crippen molar-refractivity contribution in [3.63, 3.8) is 0 Å². The van der Waals surface area contributed by atoms with Gasteiger partial charge in [0.05, 0.1) is 19.8 Å². The van der Waals surface area contributed by atoms with Crippen molar-refractivity contribution >= 4 is 11.6 Å². The number of hydrogen-bond donors (Lipinski definition) is 2. The van der Waals surface area contributed by atoms with Gasteiger partial charge in [0.1, 0.15) is 0 Å². The molecular weight excluding hydrogens is 244 g/mol. The fourth-order valence-corrected chi connectivity index (χ4v) is 2.50. The third kappa shape index (κ3) is 2.78. The Morgan fingerprint density at radius 3 is 3.16 bits per heavy atom. The van der Waals surface area contributed by atoms with Crippen molar-refractivity contribution in [3.05, 3.63) is 29.3 Å². The first-order valence-electron chi connectivity index (χ1n) is 6.66. The van der Waals surface area contributed by atoms with Crippen LogP contribution in [0.5, 0.6) is 0 Å². The molecule has 0 saturated carbocycles. The molecule has 1 aromatic carbocycles. The Hall–Kier alpha value is -1.43. The summed E-state index contributed by atoms with van der Waals surface area (Å²) in [5.74, 6) is -0.119. The zero-order valence-electron chi connectivity index (χ0n) is 10.8. The molecule has 0 spiro atoms. The van der Waals surface area contributed by atoms with E-state index in [1.807, 2.05) is 12.1 Å². The van der Waals surface area contributed by atoms with E-state index in [0.29, 0.717) is 19.8 Å². The Labute approximate surface area is 112 Å². The Bertz CT molecular complexity index is 470. The molecule has 1 unspecified atom stereocenters. The van der Waals surface area contributed by atoms with Crippen LogP contribution in [-0.4, -0.2) is 38.4 Å². The number of nitrogens with one attached hydrogen (secondary N) is 2. The van der Waals surface area contributed by atoms with Crippen molar-refractivity contribution in [1.29, 1.82) is 0 Å². The highest BCUT2D eigenvalue weighted by Crippen LogP contribution is 2.23. The number of fused-ring (bicyclic) bond motifs is 1. The summed E-state index contributed by atoms with van der Waals surface area (Å²) < 4.78 is 10.7. The molecule has 3 rings (SSSR count). The topological polar surface area (TPSA) is 59.6 Å². The maximum Gasteiger partial charge on any atom is 0.255 e. The van der Waals surface area contributed by atoms with Crippen LogP contribution in [0.3, 0.4) is 0 Å². The molecule has 1 amide bonds. The molecule has 2 heterocycles. The SMILES string of the molecule is O=C(Nc1cccc2c1CCNC2)C1COCCO1. The van der Waals surface area contributed by atoms with Crippen LogP contribution in [0.15, 0.2) is 18.2 Å². The lowest BCUT2D eigenvalue weighted by atomic mass is 9.99. The highest BCUT2D eigenvalue weighted by Gasteiger charge is 2.24. The molecule has 0 radical (unpaired) electrons. The Morgan fingerprint density at radius 1 is 1.37 bits per heavy atom. The molecular formula is C14H18N2O3. The van der Waals surface area contributed by atoms with E-state index in [4.69, 9.17) is 9.47 Å². The van der Waals surface area contributed by atoms with Crippen LogP contribution in [-0.2, 0) is 27.2 Å². The van der Waals surface area contributed by atoms with Crippen LogP contribution >= 0.6 is 0 Å². The lowest BCUT2D eigenvalue weighted by molar-refractivity contribution is -0.142. The van der Waals surface area contributed by atoms with Crippen LogP contribution in [0.4, 0.5) is 5.69 Å². The minimum Gasteiger partial charge on any atom is -0.376 e. The lowest BCUT2D eigenvalue weighted by Gasteiger charge is -2.24. The summed E-state index contributed by atoms with van der Waals surface area (Å²) in [7, 11) is 0. The third-order valence-corrected chi connectivity index (χ3v) is 3.51. The number of rotatable bonds is 2. The Morgan fingerprint density at radius 2 is 2.32 bits per heavy atom. The molecule has 1 fully saturated rings. The minimum atomic E-state index is -0.494. The van der Waals surface area contributed by atoms with Gasteiger partial charge in [-0.2, -0.15) is 0 Å². The van der Waals surface area contributed by atoms with Crippen LogP contribution in [0, 0.1) is 0 Å². The van der Waals surface area contributed by atoms with Gasteiger partial charge < -0.3 is 20.1 Å². The van der Waals surface area contributed by atoms with Crippen molar-refractivity contribution in [2.24, 2.45) is 0 Å². The number of carbonyl (C=O) groups is 1. The maximum atomic E-state index is 12.1. The first kappa shape index (κ1) is 12.6. The molecule has 1 atom stereocenters. The minimum absolute atomic E-state index is 0.119. The smallest absolute Gasteiger partial charge is 0.255 e. The van der Waals surface area contributed by atoms with E-state index in [2.05, 4.69) is 16.7 Å². The quantitative estimate of drug-likeness (QED) is 0.823. The fraction of sp³-hybridized carbons (Fsp3) is 0.500. The zero-order chi connectivity index (χ0) is 13.1. The molecule has 0 aromatic heterocycles. The molecule has 1 saturated heterocycles. The van der Waals surface area contributed by atoms with Gasteiger partial charge in [0.15, 0.2) is 6.10 Å². The van der Waals surface area contributed by atoms with E-state index >= 15 is 0 Å². The lowest BCUT2D eigenvalue weighted by Crippen LogP contribution is -2.39. The van der Waals surface area contributed by atoms with Crippen molar-refractivity contribution in [2.45, 2.75) is 19.1 Å². The molecule has 5 nitrogen and oxygen atoms in total. The number of ether oxygens (including phenoxy) is 2. The molecule has 19 heavy (non-hydrogen) atoms. The summed E-state index contributed by atoms with van der Waals surface area (Å²) in [4.78, 5) is 12.1. The standard InChI is InChI=1S/C14H18N2O3/c17-14(13-9-18-6-7-19-13)16-12-3-1-2-10-8-15-5-4-11(10)12/h1-3,13,15H,4-9H2,(H,16,17). The highest BCUT2D eigenvalue weighted by molar-refractivity contribution is 5.95. The average molecular weight is 262 g/mol. The van der Waals surface area contributed by atoms with Gasteiger partial charge in [0.2, 0.25) is 0 Å². The number of benzene rings is 1. The molecule has 5 heteroatoms. The molecule has 2 aliphatic rings. The average Bonchev–Trinajstić information content (AvgIpc) is 2.48. The molecule has 1 aromatic rings. The molecule has 2 aliphatic heterocycles. The fourth-order valence-electron chi connectivity index (χ4n) is 2.50. The van der Waals surface area contributed by atoms with Gasteiger partial charge in [0, 0.05) is 12.2 Å². The Balaban J connectivity index is 1.74. The van der Waals surface area contributed by atoms with Crippen LogP contribution in [0.1, 0.15) is 11.1 Å². The number of hydrogen-bond acceptors (Lipinski definition) is 4. The van der Waals surface area contributed by atoms with Crippen LogP contribution in [0.25, 0.3) is 0 Å². The van der Waals surface area contributed by atoms with Crippen molar-refractivity contribution < 1.29 is 14.3 Å². The summed E-state index contributed by atoms with van der Waals surface area (Å²) >= 11 is 0. The Kier molecular flexibility index (Phi) is 3.77. The normalized spacial score (nSPS) is 22.6. The second-order valence-electron chi connectivity index (χ2n) is 4.79. The van der Waals surface area contributed by atoms with Crippen LogP contribution in [0.2, 0.25) is 0 Å². The van der Waals surface area contributed by atoms with Gasteiger partial charge >= 0.3 is 0 Å².